The van der Waals surface area contributed by atoms with E-state index in [4.69, 9.17) is 14.3 Å². The molecule has 0 aliphatic heterocycles. The lowest BCUT2D eigenvalue weighted by Gasteiger charge is -2.01. The van der Waals surface area contributed by atoms with E-state index in [1.165, 1.54) is 12.1 Å². The van der Waals surface area contributed by atoms with E-state index in [0.717, 1.165) is 0 Å². The molecular weight excluding hydrogens is 214 g/mol. The van der Waals surface area contributed by atoms with Gasteiger partial charge in [0.15, 0.2) is 5.58 Å². The lowest BCUT2D eigenvalue weighted by molar-refractivity contribution is 0.0434. The first-order valence-corrected chi connectivity index (χ1v) is 4.61. The van der Waals surface area contributed by atoms with E-state index in [1.54, 1.807) is 6.07 Å². The predicted octanol–water partition coefficient (Wildman–Crippen LogP) is 0.270. The summed E-state index contributed by atoms with van der Waals surface area (Å²) < 4.78 is 9.51. The quantitative estimate of drug-likeness (QED) is 0.728. The van der Waals surface area contributed by atoms with Crippen molar-refractivity contribution in [1.82, 2.24) is 4.98 Å². The molecule has 1 aromatic heterocycles. The number of nitrogens with one attached hydrogen (secondary N) is 1. The van der Waals surface area contributed by atoms with Gasteiger partial charge in [0.2, 0.25) is 0 Å². The highest BCUT2D eigenvalue weighted by Gasteiger charge is 2.09. The predicted molar refractivity (Wildman–Crippen MR) is 54.2 cm³/mol. The number of hydrogen-bond donors (Lipinski definition) is 2. The molecule has 0 spiro atoms. The first-order valence-electron chi connectivity index (χ1n) is 4.61. The van der Waals surface area contributed by atoms with Crippen LogP contribution in [0.3, 0.4) is 0 Å². The fourth-order valence-electron chi connectivity index (χ4n) is 1.29. The lowest BCUT2D eigenvalue weighted by Crippen LogP contribution is -2.08. The number of benzene rings is 1. The second-order valence-electron chi connectivity index (χ2n) is 3.08. The number of aliphatic hydroxyl groups is 1. The van der Waals surface area contributed by atoms with Crippen LogP contribution in [0, 0.1) is 0 Å². The molecule has 6 nitrogen and oxygen atoms in total. The van der Waals surface area contributed by atoms with Gasteiger partial charge in [-0.3, -0.25) is 4.98 Å². The molecule has 0 radical (unpaired) electrons. The second-order valence-corrected chi connectivity index (χ2v) is 3.08. The number of oxazole rings is 1. The average Bonchev–Trinajstić information content (AvgIpc) is 2.64. The summed E-state index contributed by atoms with van der Waals surface area (Å²) in [6.45, 7) is -0.290. The van der Waals surface area contributed by atoms with Crippen LogP contribution in [0.5, 0.6) is 0 Å². The highest BCUT2D eigenvalue weighted by molar-refractivity contribution is 5.93. The first-order chi connectivity index (χ1) is 7.70. The zero-order valence-corrected chi connectivity index (χ0v) is 8.23. The van der Waals surface area contributed by atoms with Crippen molar-refractivity contribution in [2.24, 2.45) is 0 Å². The van der Waals surface area contributed by atoms with Gasteiger partial charge >= 0.3 is 11.7 Å². The number of hydrogen-bond acceptors (Lipinski definition) is 5. The van der Waals surface area contributed by atoms with Gasteiger partial charge in [-0.1, -0.05) is 0 Å². The minimum atomic E-state index is -0.573. The van der Waals surface area contributed by atoms with E-state index >= 15 is 0 Å². The van der Waals surface area contributed by atoms with Crippen LogP contribution in [0.15, 0.2) is 27.4 Å². The molecule has 0 atom stereocenters. The van der Waals surface area contributed by atoms with Crippen molar-refractivity contribution in [3.63, 3.8) is 0 Å². The number of aromatic nitrogens is 1. The molecule has 16 heavy (non-hydrogen) atoms. The largest absolute Gasteiger partial charge is 0.460 e. The van der Waals surface area contributed by atoms with Crippen molar-refractivity contribution < 1.29 is 19.1 Å². The molecule has 6 heteroatoms. The number of fused-ring (bicyclic) bond motifs is 1. The number of carbonyl (C=O) groups excluding carboxylic acids is 1. The normalized spacial score (nSPS) is 10.6. The Balaban J connectivity index is 2.31. The SMILES string of the molecule is O=C(OCCO)c1ccc2[nH]c(=O)oc2c1. The van der Waals surface area contributed by atoms with E-state index in [1.807, 2.05) is 0 Å². The van der Waals surface area contributed by atoms with Crippen LogP contribution in [0.4, 0.5) is 0 Å². The van der Waals surface area contributed by atoms with Crippen molar-refractivity contribution in [2.45, 2.75) is 0 Å². The van der Waals surface area contributed by atoms with Crippen LogP contribution < -0.4 is 5.76 Å². The Morgan fingerprint density at radius 2 is 2.31 bits per heavy atom. The van der Waals surface area contributed by atoms with Gasteiger partial charge in [0.25, 0.3) is 0 Å². The van der Waals surface area contributed by atoms with Crippen molar-refractivity contribution in [2.75, 3.05) is 13.2 Å². The zero-order valence-electron chi connectivity index (χ0n) is 8.23. The summed E-state index contributed by atoms with van der Waals surface area (Å²) in [5.41, 5.74) is 1.08. The van der Waals surface area contributed by atoms with E-state index in [-0.39, 0.29) is 18.8 Å². The lowest BCUT2D eigenvalue weighted by atomic mass is 10.2. The van der Waals surface area contributed by atoms with Gasteiger partial charge in [0.1, 0.15) is 6.61 Å². The van der Waals surface area contributed by atoms with Crippen molar-refractivity contribution in [3.8, 4) is 0 Å². The molecule has 0 bridgehead atoms. The van der Waals surface area contributed by atoms with Gasteiger partial charge in [0, 0.05) is 0 Å². The van der Waals surface area contributed by atoms with Crippen LogP contribution in [0.2, 0.25) is 0 Å². The molecule has 0 saturated heterocycles. The number of rotatable bonds is 3. The maximum absolute atomic E-state index is 11.4. The maximum Gasteiger partial charge on any atom is 0.417 e. The monoisotopic (exact) mass is 223 g/mol. The summed E-state index contributed by atoms with van der Waals surface area (Å²) in [7, 11) is 0. The minimum Gasteiger partial charge on any atom is -0.460 e. The molecular formula is C10H9NO5. The number of esters is 1. The number of aromatic amines is 1. The number of aliphatic hydroxyl groups excluding tert-OH is 1. The summed E-state index contributed by atoms with van der Waals surface area (Å²) in [5, 5.41) is 8.50. The number of ether oxygens (including phenoxy) is 1. The number of H-pyrrole nitrogens is 1. The van der Waals surface area contributed by atoms with E-state index in [2.05, 4.69) is 4.98 Å². The third kappa shape index (κ3) is 1.96. The van der Waals surface area contributed by atoms with E-state index in [9.17, 15) is 9.59 Å². The zero-order chi connectivity index (χ0) is 11.5. The van der Waals surface area contributed by atoms with Gasteiger partial charge in [-0.15, -0.1) is 0 Å². The highest BCUT2D eigenvalue weighted by atomic mass is 16.5. The first kappa shape index (κ1) is 10.4. The minimum absolute atomic E-state index is 0.0616. The van der Waals surface area contributed by atoms with Crippen LogP contribution in [0.25, 0.3) is 11.1 Å². The topological polar surface area (TPSA) is 92.5 Å². The summed E-state index contributed by atoms with van der Waals surface area (Å²) in [6, 6.07) is 4.47. The summed E-state index contributed by atoms with van der Waals surface area (Å²) in [6.07, 6.45) is 0. The Morgan fingerprint density at radius 3 is 3.06 bits per heavy atom. The second kappa shape index (κ2) is 4.19. The van der Waals surface area contributed by atoms with Gasteiger partial charge < -0.3 is 14.3 Å². The van der Waals surface area contributed by atoms with E-state index < -0.39 is 11.7 Å². The van der Waals surface area contributed by atoms with Gasteiger partial charge in [-0.25, -0.2) is 9.59 Å². The van der Waals surface area contributed by atoms with Crippen LogP contribution in [-0.4, -0.2) is 29.3 Å². The van der Waals surface area contributed by atoms with Crippen LogP contribution >= 0.6 is 0 Å². The van der Waals surface area contributed by atoms with Crippen LogP contribution in [-0.2, 0) is 4.74 Å². The highest BCUT2D eigenvalue weighted by Crippen LogP contribution is 2.12. The third-order valence-electron chi connectivity index (χ3n) is 1.98. The third-order valence-corrected chi connectivity index (χ3v) is 1.98. The molecule has 2 rings (SSSR count). The van der Waals surface area contributed by atoms with E-state index in [0.29, 0.717) is 11.1 Å². The molecule has 0 saturated carbocycles. The fourth-order valence-corrected chi connectivity index (χ4v) is 1.29. The molecule has 0 aliphatic rings. The van der Waals surface area contributed by atoms with Crippen molar-refractivity contribution in [3.05, 3.63) is 34.3 Å². The smallest absolute Gasteiger partial charge is 0.417 e. The molecule has 2 N–H and O–H groups in total. The fraction of sp³-hybridized carbons (Fsp3) is 0.200. The Hall–Kier alpha value is -2.08. The van der Waals surface area contributed by atoms with Crippen molar-refractivity contribution in [1.29, 1.82) is 0 Å². The Kier molecular flexibility index (Phi) is 2.74. The van der Waals surface area contributed by atoms with Crippen LogP contribution in [0.1, 0.15) is 10.4 Å². The Labute approximate surface area is 89.5 Å². The summed E-state index contributed by atoms with van der Waals surface area (Å²) in [5.74, 6) is -1.14. The van der Waals surface area contributed by atoms with Crippen molar-refractivity contribution >= 4 is 17.1 Å². The van der Waals surface area contributed by atoms with Gasteiger partial charge in [-0.05, 0) is 18.2 Å². The standard InChI is InChI=1S/C10H9NO5/c12-3-4-15-9(13)6-1-2-7-8(5-6)16-10(14)11-7/h1-2,5,12H,3-4H2,(H,11,14). The molecule has 1 heterocycles. The molecule has 1 aromatic carbocycles. The molecule has 2 aromatic rings. The molecule has 0 aliphatic carbocycles. The molecule has 0 amide bonds. The molecule has 0 unspecified atom stereocenters. The number of carbonyl (C=O) groups is 1. The average molecular weight is 223 g/mol. The summed E-state index contributed by atoms with van der Waals surface area (Å²) in [4.78, 5) is 24.7. The molecule has 84 valence electrons. The van der Waals surface area contributed by atoms with Gasteiger partial charge in [0.05, 0.1) is 17.7 Å². The Morgan fingerprint density at radius 1 is 1.50 bits per heavy atom. The maximum atomic E-state index is 11.4. The summed E-state index contributed by atoms with van der Waals surface area (Å²) >= 11 is 0. The van der Waals surface area contributed by atoms with Gasteiger partial charge in [-0.2, -0.15) is 0 Å². The molecule has 0 fully saturated rings. The Bertz CT molecular complexity index is 568.